The van der Waals surface area contributed by atoms with E-state index in [0.29, 0.717) is 6.61 Å². The quantitative estimate of drug-likeness (QED) is 0.622. The van der Waals surface area contributed by atoms with Gasteiger partial charge in [0.05, 0.1) is 0 Å². The predicted molar refractivity (Wildman–Crippen MR) is 68.4 cm³/mol. The molecule has 0 aromatic heterocycles. The Hall–Kier alpha value is -0.120. The topological polar surface area (TPSA) is 49.5 Å². The zero-order valence-corrected chi connectivity index (χ0v) is 10.7. The molecule has 0 unspecified atom stereocenters. The number of unbranched alkanes of at least 4 members (excludes halogenated alkanes) is 1. The number of hydrogen-bond acceptors (Lipinski definition) is 3. The summed E-state index contributed by atoms with van der Waals surface area (Å²) in [7, 11) is 0. The van der Waals surface area contributed by atoms with Crippen LogP contribution >= 0.6 is 0 Å². The third kappa shape index (κ3) is 3.44. The van der Waals surface area contributed by atoms with Crippen LogP contribution in [0.1, 0.15) is 51.9 Å². The highest BCUT2D eigenvalue weighted by Crippen LogP contribution is 2.34. The average Bonchev–Trinajstić information content (AvgIpc) is 2.78. The van der Waals surface area contributed by atoms with Gasteiger partial charge in [0, 0.05) is 18.7 Å². The van der Waals surface area contributed by atoms with Gasteiger partial charge in [-0.25, -0.2) is 0 Å². The Labute approximate surface area is 100 Å². The molecule has 1 aliphatic rings. The van der Waals surface area contributed by atoms with Crippen LogP contribution in [0.3, 0.4) is 0 Å². The molecular weight excluding hydrogens is 200 g/mol. The molecule has 0 atom stereocenters. The molecule has 0 bridgehead atoms. The van der Waals surface area contributed by atoms with E-state index in [-0.39, 0.29) is 5.54 Å². The smallest absolute Gasteiger partial charge is 0.0431 e. The molecule has 96 valence electrons. The number of nitrogens with zero attached hydrogens (tertiary/aromatic N) is 1. The van der Waals surface area contributed by atoms with E-state index in [2.05, 4.69) is 11.8 Å². The Morgan fingerprint density at radius 2 is 1.88 bits per heavy atom. The summed E-state index contributed by atoms with van der Waals surface area (Å²) in [4.78, 5) is 2.59. The van der Waals surface area contributed by atoms with E-state index >= 15 is 0 Å². The van der Waals surface area contributed by atoms with Gasteiger partial charge >= 0.3 is 0 Å². The Kier molecular flexibility index (Phi) is 6.32. The Bertz CT molecular complexity index is 179. The predicted octanol–water partition coefficient (Wildman–Crippen LogP) is 1.74. The largest absolute Gasteiger partial charge is 0.396 e. The molecule has 1 rings (SSSR count). The number of hydrogen-bond donors (Lipinski definition) is 2. The van der Waals surface area contributed by atoms with Gasteiger partial charge in [-0.15, -0.1) is 0 Å². The van der Waals surface area contributed by atoms with Crippen LogP contribution in [0.2, 0.25) is 0 Å². The van der Waals surface area contributed by atoms with Crippen molar-refractivity contribution in [2.75, 3.05) is 26.2 Å². The molecule has 0 amide bonds. The van der Waals surface area contributed by atoms with E-state index in [9.17, 15) is 0 Å². The summed E-state index contributed by atoms with van der Waals surface area (Å²) in [5.41, 5.74) is 6.30. The maximum atomic E-state index is 8.85. The van der Waals surface area contributed by atoms with Crippen LogP contribution in [0.5, 0.6) is 0 Å². The minimum atomic E-state index is 0.283. The first-order valence-electron chi connectivity index (χ1n) is 6.85. The molecule has 3 heteroatoms. The summed E-state index contributed by atoms with van der Waals surface area (Å²) < 4.78 is 0. The van der Waals surface area contributed by atoms with Gasteiger partial charge in [-0.1, -0.05) is 19.8 Å². The number of nitrogens with two attached hydrogens (primary N) is 1. The van der Waals surface area contributed by atoms with Crippen LogP contribution in [0.25, 0.3) is 0 Å². The van der Waals surface area contributed by atoms with Gasteiger partial charge in [0.25, 0.3) is 0 Å². The summed E-state index contributed by atoms with van der Waals surface area (Å²) in [6.45, 7) is 5.61. The molecule has 0 aromatic carbocycles. The van der Waals surface area contributed by atoms with Crippen molar-refractivity contribution in [1.29, 1.82) is 0 Å². The second-order valence-electron chi connectivity index (χ2n) is 5.05. The lowest BCUT2D eigenvalue weighted by atomic mass is 9.94. The fourth-order valence-electron chi connectivity index (χ4n) is 2.95. The number of aliphatic hydroxyl groups is 1. The van der Waals surface area contributed by atoms with Crippen molar-refractivity contribution >= 4 is 0 Å². The van der Waals surface area contributed by atoms with Crippen LogP contribution in [-0.2, 0) is 0 Å². The van der Waals surface area contributed by atoms with E-state index in [1.807, 2.05) is 0 Å². The summed E-state index contributed by atoms with van der Waals surface area (Å²) >= 11 is 0. The summed E-state index contributed by atoms with van der Waals surface area (Å²) in [5.74, 6) is 0. The zero-order chi connectivity index (χ0) is 11.9. The maximum absolute atomic E-state index is 8.85. The lowest BCUT2D eigenvalue weighted by Crippen LogP contribution is -2.52. The van der Waals surface area contributed by atoms with Crippen LogP contribution < -0.4 is 5.73 Å². The maximum Gasteiger partial charge on any atom is 0.0431 e. The SMILES string of the molecule is CCCN(CCCCO)C1(CN)CCCC1. The number of rotatable bonds is 8. The Morgan fingerprint density at radius 1 is 1.19 bits per heavy atom. The monoisotopic (exact) mass is 228 g/mol. The minimum Gasteiger partial charge on any atom is -0.396 e. The molecular formula is C13H28N2O. The first-order chi connectivity index (χ1) is 7.79. The molecule has 1 fully saturated rings. The van der Waals surface area contributed by atoms with E-state index in [4.69, 9.17) is 10.8 Å². The van der Waals surface area contributed by atoms with Gasteiger partial charge in [0.15, 0.2) is 0 Å². The van der Waals surface area contributed by atoms with E-state index < -0.39 is 0 Å². The summed E-state index contributed by atoms with van der Waals surface area (Å²) in [6.07, 6.45) is 8.40. The molecule has 16 heavy (non-hydrogen) atoms. The van der Waals surface area contributed by atoms with Crippen LogP contribution in [0.15, 0.2) is 0 Å². The molecule has 1 saturated carbocycles. The molecule has 3 nitrogen and oxygen atoms in total. The molecule has 0 aromatic rings. The van der Waals surface area contributed by atoms with Crippen LogP contribution in [0, 0.1) is 0 Å². The fourth-order valence-corrected chi connectivity index (χ4v) is 2.95. The lowest BCUT2D eigenvalue weighted by molar-refractivity contribution is 0.0943. The highest BCUT2D eigenvalue weighted by atomic mass is 16.2. The van der Waals surface area contributed by atoms with Gasteiger partial charge in [-0.3, -0.25) is 4.90 Å². The third-order valence-corrected chi connectivity index (χ3v) is 3.91. The second-order valence-corrected chi connectivity index (χ2v) is 5.05. The first-order valence-corrected chi connectivity index (χ1v) is 6.85. The van der Waals surface area contributed by atoms with Crippen molar-refractivity contribution in [3.05, 3.63) is 0 Å². The van der Waals surface area contributed by atoms with Gasteiger partial charge in [0.2, 0.25) is 0 Å². The summed E-state index contributed by atoms with van der Waals surface area (Å²) in [5, 5.41) is 8.85. The van der Waals surface area contributed by atoms with Gasteiger partial charge in [-0.2, -0.15) is 0 Å². The van der Waals surface area contributed by atoms with Gasteiger partial charge in [0.1, 0.15) is 0 Å². The highest BCUT2D eigenvalue weighted by Gasteiger charge is 2.37. The van der Waals surface area contributed by atoms with Crippen molar-refractivity contribution in [2.45, 2.75) is 57.4 Å². The normalized spacial score (nSPS) is 19.5. The van der Waals surface area contributed by atoms with Gasteiger partial charge in [-0.05, 0) is 45.2 Å². The summed E-state index contributed by atoms with van der Waals surface area (Å²) in [6, 6.07) is 0. The lowest BCUT2D eigenvalue weighted by Gasteiger charge is -2.41. The molecule has 1 aliphatic carbocycles. The molecule has 0 radical (unpaired) electrons. The molecule has 0 aliphatic heterocycles. The van der Waals surface area contributed by atoms with Crippen molar-refractivity contribution in [3.63, 3.8) is 0 Å². The molecule has 0 saturated heterocycles. The van der Waals surface area contributed by atoms with Crippen molar-refractivity contribution in [3.8, 4) is 0 Å². The number of aliphatic hydroxyl groups excluding tert-OH is 1. The molecule has 3 N–H and O–H groups in total. The molecule has 0 heterocycles. The van der Waals surface area contributed by atoms with Crippen molar-refractivity contribution in [1.82, 2.24) is 4.90 Å². The molecule has 0 spiro atoms. The first kappa shape index (κ1) is 13.9. The average molecular weight is 228 g/mol. The standard InChI is InChI=1S/C13H28N2O/c1-2-9-15(10-5-6-11-16)13(12-14)7-3-4-8-13/h16H,2-12,14H2,1H3. The van der Waals surface area contributed by atoms with Crippen LogP contribution in [-0.4, -0.2) is 41.8 Å². The van der Waals surface area contributed by atoms with E-state index in [1.54, 1.807) is 0 Å². The van der Waals surface area contributed by atoms with Crippen molar-refractivity contribution < 1.29 is 5.11 Å². The zero-order valence-electron chi connectivity index (χ0n) is 10.7. The van der Waals surface area contributed by atoms with E-state index in [1.165, 1.54) is 32.1 Å². The minimum absolute atomic E-state index is 0.283. The third-order valence-electron chi connectivity index (χ3n) is 3.91. The van der Waals surface area contributed by atoms with E-state index in [0.717, 1.165) is 32.5 Å². The highest BCUT2D eigenvalue weighted by molar-refractivity contribution is 4.95. The Balaban J connectivity index is 2.51. The second kappa shape index (κ2) is 7.25. The van der Waals surface area contributed by atoms with Crippen molar-refractivity contribution in [2.24, 2.45) is 5.73 Å². The van der Waals surface area contributed by atoms with Crippen LogP contribution in [0.4, 0.5) is 0 Å². The Morgan fingerprint density at radius 3 is 2.38 bits per heavy atom. The van der Waals surface area contributed by atoms with Gasteiger partial charge < -0.3 is 10.8 Å². The fraction of sp³-hybridized carbons (Fsp3) is 1.00.